The van der Waals surface area contributed by atoms with Crippen molar-refractivity contribution in [1.29, 1.82) is 0 Å². The van der Waals surface area contributed by atoms with E-state index in [1.54, 1.807) is 35.7 Å². The van der Waals surface area contributed by atoms with Crippen LogP contribution in [0.4, 0.5) is 5.00 Å². The van der Waals surface area contributed by atoms with Crippen LogP contribution in [-0.4, -0.2) is 22.9 Å². The van der Waals surface area contributed by atoms with Crippen LogP contribution in [0.15, 0.2) is 96.4 Å². The topological polar surface area (TPSA) is 75.6 Å². The number of anilines is 1. The van der Waals surface area contributed by atoms with Gasteiger partial charge in [-0.25, -0.2) is 4.79 Å². The molecule has 0 aliphatic heterocycles. The number of carbonyl (C=O) groups excluding carboxylic acids is 1. The third kappa shape index (κ3) is 5.87. The number of rotatable bonds is 10. The second kappa shape index (κ2) is 10.6. The predicted molar refractivity (Wildman–Crippen MR) is 130 cm³/mol. The van der Waals surface area contributed by atoms with Crippen molar-refractivity contribution < 1.29 is 19.4 Å². The summed E-state index contributed by atoms with van der Waals surface area (Å²) in [4.78, 5) is 24.8. The van der Waals surface area contributed by atoms with Crippen molar-refractivity contribution in [3.05, 3.63) is 119 Å². The summed E-state index contributed by atoms with van der Waals surface area (Å²) in [5.41, 5.74) is 2.97. The molecule has 4 rings (SSSR count). The Bertz CT molecular complexity index is 1200. The SMILES string of the molecule is O=C(c1ccccc1)c1ccsc1NC(Cc1ccc(OCc2ccccc2)cc1)C(=O)O. The molecule has 33 heavy (non-hydrogen) atoms. The van der Waals surface area contributed by atoms with Crippen molar-refractivity contribution in [3.63, 3.8) is 0 Å². The lowest BCUT2D eigenvalue weighted by Crippen LogP contribution is -2.31. The molecule has 166 valence electrons. The van der Waals surface area contributed by atoms with Gasteiger partial charge in [0.25, 0.3) is 0 Å². The molecular formula is C27H23NO4S. The van der Waals surface area contributed by atoms with E-state index in [2.05, 4.69) is 5.32 Å². The zero-order valence-electron chi connectivity index (χ0n) is 17.8. The highest BCUT2D eigenvalue weighted by Crippen LogP contribution is 2.27. The minimum Gasteiger partial charge on any atom is -0.489 e. The summed E-state index contributed by atoms with van der Waals surface area (Å²) in [6.07, 6.45) is 0.269. The van der Waals surface area contributed by atoms with Gasteiger partial charge in [-0.2, -0.15) is 0 Å². The second-order valence-electron chi connectivity index (χ2n) is 7.52. The van der Waals surface area contributed by atoms with E-state index in [1.807, 2.05) is 60.7 Å². The maximum atomic E-state index is 12.8. The highest BCUT2D eigenvalue weighted by Gasteiger charge is 2.22. The number of aliphatic carboxylic acids is 1. The summed E-state index contributed by atoms with van der Waals surface area (Å²) in [6.45, 7) is 0.468. The molecule has 4 aromatic rings. The zero-order valence-corrected chi connectivity index (χ0v) is 18.6. The molecule has 0 saturated heterocycles. The third-order valence-corrected chi connectivity index (χ3v) is 6.01. The molecule has 0 aliphatic rings. The Labute approximate surface area is 196 Å². The van der Waals surface area contributed by atoms with Crippen LogP contribution in [0, 0.1) is 0 Å². The third-order valence-electron chi connectivity index (χ3n) is 5.16. The first-order chi connectivity index (χ1) is 16.1. The first kappa shape index (κ1) is 22.3. The Morgan fingerprint density at radius 1 is 0.848 bits per heavy atom. The van der Waals surface area contributed by atoms with Gasteiger partial charge in [-0.15, -0.1) is 11.3 Å². The van der Waals surface area contributed by atoms with E-state index in [9.17, 15) is 14.7 Å². The number of benzene rings is 3. The first-order valence-corrected chi connectivity index (χ1v) is 11.4. The fourth-order valence-corrected chi connectivity index (χ4v) is 4.24. The van der Waals surface area contributed by atoms with Crippen molar-refractivity contribution in [2.45, 2.75) is 19.1 Å². The minimum atomic E-state index is -0.981. The molecular weight excluding hydrogens is 434 g/mol. The number of hydrogen-bond donors (Lipinski definition) is 2. The lowest BCUT2D eigenvalue weighted by molar-refractivity contribution is -0.137. The average molecular weight is 458 g/mol. The van der Waals surface area contributed by atoms with E-state index in [4.69, 9.17) is 4.74 Å². The summed E-state index contributed by atoms with van der Waals surface area (Å²) in [7, 11) is 0. The fourth-order valence-electron chi connectivity index (χ4n) is 3.40. The zero-order chi connectivity index (χ0) is 23.0. The molecule has 0 fully saturated rings. The van der Waals surface area contributed by atoms with Crippen LogP contribution in [0.1, 0.15) is 27.0 Å². The minimum absolute atomic E-state index is 0.136. The van der Waals surface area contributed by atoms with Gasteiger partial charge in [-0.3, -0.25) is 4.79 Å². The molecule has 1 atom stereocenters. The van der Waals surface area contributed by atoms with Gasteiger partial charge in [-0.05, 0) is 34.7 Å². The van der Waals surface area contributed by atoms with E-state index in [1.165, 1.54) is 11.3 Å². The summed E-state index contributed by atoms with van der Waals surface area (Å²) in [6, 6.07) is 27.1. The predicted octanol–water partition coefficient (Wildman–Crippen LogP) is 5.67. The van der Waals surface area contributed by atoms with Gasteiger partial charge in [-0.1, -0.05) is 72.8 Å². The smallest absolute Gasteiger partial charge is 0.326 e. The summed E-state index contributed by atoms with van der Waals surface area (Å²) in [5.74, 6) is -0.397. The van der Waals surface area contributed by atoms with E-state index in [0.29, 0.717) is 22.7 Å². The molecule has 2 N–H and O–H groups in total. The number of nitrogens with one attached hydrogen (secondary N) is 1. The van der Waals surface area contributed by atoms with Gasteiger partial charge in [0.05, 0.1) is 5.56 Å². The maximum Gasteiger partial charge on any atom is 0.326 e. The van der Waals surface area contributed by atoms with Gasteiger partial charge in [0.2, 0.25) is 0 Å². The molecule has 0 aliphatic carbocycles. The number of carboxylic acid groups (broad SMARTS) is 1. The molecule has 1 aromatic heterocycles. The molecule has 0 amide bonds. The van der Waals surface area contributed by atoms with E-state index in [-0.39, 0.29) is 12.2 Å². The summed E-state index contributed by atoms with van der Waals surface area (Å²) in [5, 5.41) is 15.2. The Morgan fingerprint density at radius 2 is 1.52 bits per heavy atom. The largest absolute Gasteiger partial charge is 0.489 e. The van der Waals surface area contributed by atoms with E-state index in [0.717, 1.165) is 16.9 Å². The van der Waals surface area contributed by atoms with E-state index >= 15 is 0 Å². The van der Waals surface area contributed by atoms with Crippen LogP contribution < -0.4 is 10.1 Å². The number of ketones is 1. The molecule has 0 bridgehead atoms. The Morgan fingerprint density at radius 3 is 2.18 bits per heavy atom. The highest BCUT2D eigenvalue weighted by atomic mass is 32.1. The van der Waals surface area contributed by atoms with Crippen LogP contribution >= 0.6 is 11.3 Å². The lowest BCUT2D eigenvalue weighted by atomic mass is 10.0. The quantitative estimate of drug-likeness (QED) is 0.300. The highest BCUT2D eigenvalue weighted by molar-refractivity contribution is 7.14. The first-order valence-electron chi connectivity index (χ1n) is 10.5. The molecule has 1 heterocycles. The molecule has 1 unspecified atom stereocenters. The number of carbonyl (C=O) groups is 2. The number of hydrogen-bond acceptors (Lipinski definition) is 5. The van der Waals surface area contributed by atoms with Crippen molar-refractivity contribution in [1.82, 2.24) is 0 Å². The Balaban J connectivity index is 1.41. The van der Waals surface area contributed by atoms with Gasteiger partial charge in [0, 0.05) is 12.0 Å². The van der Waals surface area contributed by atoms with E-state index < -0.39 is 12.0 Å². The molecule has 3 aromatic carbocycles. The Kier molecular flexibility index (Phi) is 7.17. The summed E-state index contributed by atoms with van der Waals surface area (Å²) >= 11 is 1.32. The maximum absolute atomic E-state index is 12.8. The van der Waals surface area contributed by atoms with Crippen LogP contribution in [0.3, 0.4) is 0 Å². The monoisotopic (exact) mass is 457 g/mol. The van der Waals surface area contributed by atoms with Crippen LogP contribution in [-0.2, 0) is 17.8 Å². The van der Waals surface area contributed by atoms with Gasteiger partial charge in [0.15, 0.2) is 5.78 Å². The number of carboxylic acids is 1. The van der Waals surface area contributed by atoms with Crippen molar-refractivity contribution in [3.8, 4) is 5.75 Å². The van der Waals surface area contributed by atoms with Crippen molar-refractivity contribution in [2.24, 2.45) is 0 Å². The molecule has 6 heteroatoms. The average Bonchev–Trinajstić information content (AvgIpc) is 3.32. The number of thiophene rings is 1. The van der Waals surface area contributed by atoms with Gasteiger partial charge >= 0.3 is 5.97 Å². The molecule has 5 nitrogen and oxygen atoms in total. The molecule has 0 saturated carbocycles. The van der Waals surface area contributed by atoms with Crippen LogP contribution in [0.2, 0.25) is 0 Å². The fraction of sp³-hybridized carbons (Fsp3) is 0.111. The standard InChI is InChI=1S/C27H23NO4S/c29-25(21-9-5-2-6-10-21)23-15-16-33-26(23)28-24(27(30)31)17-19-11-13-22(14-12-19)32-18-20-7-3-1-4-8-20/h1-16,24,28H,17-18H2,(H,30,31). The second-order valence-corrected chi connectivity index (χ2v) is 8.43. The van der Waals surface area contributed by atoms with Gasteiger partial charge in [0.1, 0.15) is 23.4 Å². The van der Waals surface area contributed by atoms with Crippen LogP contribution in [0.5, 0.6) is 5.75 Å². The molecule has 0 radical (unpaired) electrons. The van der Waals surface area contributed by atoms with Crippen molar-refractivity contribution >= 4 is 28.1 Å². The normalized spacial score (nSPS) is 11.5. The lowest BCUT2D eigenvalue weighted by Gasteiger charge is -2.16. The molecule has 0 spiro atoms. The van der Waals surface area contributed by atoms with Crippen LogP contribution in [0.25, 0.3) is 0 Å². The number of ether oxygens (including phenoxy) is 1. The van der Waals surface area contributed by atoms with Crippen molar-refractivity contribution in [2.75, 3.05) is 5.32 Å². The van der Waals surface area contributed by atoms with Gasteiger partial charge < -0.3 is 15.2 Å². The Hall–Kier alpha value is -3.90. The summed E-state index contributed by atoms with van der Waals surface area (Å²) < 4.78 is 5.80.